The van der Waals surface area contributed by atoms with Gasteiger partial charge in [-0.2, -0.15) is 0 Å². The molecule has 0 radical (unpaired) electrons. The maximum absolute atomic E-state index is 8.87. The molecule has 1 heterocycles. The number of nitrogens with zero attached hydrogens (tertiary/aromatic N) is 1. The van der Waals surface area contributed by atoms with E-state index in [4.69, 9.17) is 14.8 Å². The van der Waals surface area contributed by atoms with Crippen molar-refractivity contribution in [1.29, 1.82) is 0 Å². The van der Waals surface area contributed by atoms with E-state index in [0.717, 1.165) is 21.9 Å². The summed E-state index contributed by atoms with van der Waals surface area (Å²) in [7, 11) is 0. The van der Waals surface area contributed by atoms with Crippen LogP contribution in [0.15, 0.2) is 59.6 Å². The van der Waals surface area contributed by atoms with Crippen LogP contribution in [0.25, 0.3) is 0 Å². The molecule has 108 valence electrons. The molecule has 1 aliphatic rings. The molecule has 2 aromatic carbocycles. The van der Waals surface area contributed by atoms with E-state index in [1.807, 2.05) is 42.5 Å². The zero-order valence-corrected chi connectivity index (χ0v) is 12.4. The summed E-state index contributed by atoms with van der Waals surface area (Å²) >= 11 is 1.63. The molecule has 0 aliphatic carbocycles. The Morgan fingerprint density at radius 2 is 1.81 bits per heavy atom. The van der Waals surface area contributed by atoms with E-state index in [0.29, 0.717) is 13.0 Å². The van der Waals surface area contributed by atoms with E-state index in [9.17, 15) is 0 Å². The van der Waals surface area contributed by atoms with Crippen molar-refractivity contribution >= 4 is 22.5 Å². The highest BCUT2D eigenvalue weighted by atomic mass is 32.2. The molecule has 4 heteroatoms. The second-order valence-corrected chi connectivity index (χ2v) is 5.79. The Labute approximate surface area is 128 Å². The molecule has 3 nitrogen and oxygen atoms in total. The van der Waals surface area contributed by atoms with Crippen LogP contribution in [0.1, 0.15) is 23.0 Å². The quantitative estimate of drug-likeness (QED) is 0.851. The van der Waals surface area contributed by atoms with Gasteiger partial charge in [0.1, 0.15) is 10.5 Å². The van der Waals surface area contributed by atoms with Gasteiger partial charge >= 0.3 is 0 Å². The Kier molecular flexibility index (Phi) is 4.70. The highest BCUT2D eigenvalue weighted by Gasteiger charge is 2.28. The van der Waals surface area contributed by atoms with Crippen molar-refractivity contribution < 1.29 is 9.84 Å². The number of para-hydroxylation sites is 1. The van der Waals surface area contributed by atoms with Gasteiger partial charge in [-0.3, -0.25) is 0 Å². The fourth-order valence-corrected chi connectivity index (χ4v) is 3.38. The lowest BCUT2D eigenvalue weighted by molar-refractivity contribution is 0.0988. The van der Waals surface area contributed by atoms with Gasteiger partial charge in [0.25, 0.3) is 0 Å². The minimum absolute atomic E-state index is 0.0322. The molecule has 1 unspecified atom stereocenters. The molecule has 0 bridgehead atoms. The maximum atomic E-state index is 8.87. The van der Waals surface area contributed by atoms with E-state index in [2.05, 4.69) is 12.1 Å². The molecule has 0 fully saturated rings. The Hall–Kier alpha value is -1.62. The highest BCUT2D eigenvalue weighted by Crippen LogP contribution is 2.43. The summed E-state index contributed by atoms with van der Waals surface area (Å²) in [6, 6.07) is 18.2. The molecule has 1 N–H and O–H groups in total. The van der Waals surface area contributed by atoms with Crippen LogP contribution in [-0.4, -0.2) is 23.4 Å². The molecule has 21 heavy (non-hydrogen) atoms. The van der Waals surface area contributed by atoms with Gasteiger partial charge in [0.15, 0.2) is 0 Å². The minimum Gasteiger partial charge on any atom is -0.396 e. The highest BCUT2D eigenvalue weighted by molar-refractivity contribution is 8.15. The van der Waals surface area contributed by atoms with Crippen LogP contribution in [0.3, 0.4) is 0 Å². The molecule has 1 atom stereocenters. The smallest absolute Gasteiger partial charge is 0.135 e. The second-order valence-electron chi connectivity index (χ2n) is 4.74. The minimum atomic E-state index is -0.0322. The number of rotatable bonds is 5. The van der Waals surface area contributed by atoms with Gasteiger partial charge in [-0.25, -0.2) is 4.99 Å². The molecule has 1 aliphatic heterocycles. The zero-order chi connectivity index (χ0) is 14.5. The Bertz CT molecular complexity index is 628. The first-order valence-corrected chi connectivity index (χ1v) is 7.88. The standard InChI is InChI=1S/C17H17NO2S/c19-11-6-12-20-17-15-10-5-4-9-14(15)16(21-17)18-13-7-2-1-3-8-13/h1-5,7-10,17,19H,6,11-12H2. The molecule has 0 amide bonds. The molecular weight excluding hydrogens is 282 g/mol. The average Bonchev–Trinajstić information content (AvgIpc) is 2.87. The summed E-state index contributed by atoms with van der Waals surface area (Å²) in [5.41, 5.74) is 3.22. The Morgan fingerprint density at radius 1 is 1.05 bits per heavy atom. The van der Waals surface area contributed by atoms with Crippen molar-refractivity contribution in [3.05, 3.63) is 65.7 Å². The predicted octanol–water partition coefficient (Wildman–Crippen LogP) is 3.91. The van der Waals surface area contributed by atoms with Gasteiger partial charge in [0, 0.05) is 17.7 Å². The topological polar surface area (TPSA) is 41.8 Å². The lowest BCUT2D eigenvalue weighted by Crippen LogP contribution is -2.00. The number of benzene rings is 2. The van der Waals surface area contributed by atoms with Crippen LogP contribution >= 0.6 is 11.8 Å². The van der Waals surface area contributed by atoms with Gasteiger partial charge in [-0.05, 0) is 18.6 Å². The van der Waals surface area contributed by atoms with E-state index in [-0.39, 0.29) is 12.0 Å². The molecule has 2 aromatic rings. The Morgan fingerprint density at radius 3 is 2.62 bits per heavy atom. The van der Waals surface area contributed by atoms with Gasteiger partial charge in [-0.15, -0.1) is 0 Å². The molecular formula is C17H17NO2S. The first-order chi connectivity index (χ1) is 10.4. The predicted molar refractivity (Wildman–Crippen MR) is 87.1 cm³/mol. The van der Waals surface area contributed by atoms with Crippen molar-refractivity contribution in [2.45, 2.75) is 11.9 Å². The van der Waals surface area contributed by atoms with Crippen LogP contribution in [0, 0.1) is 0 Å². The van der Waals surface area contributed by atoms with E-state index in [1.54, 1.807) is 11.8 Å². The monoisotopic (exact) mass is 299 g/mol. The largest absolute Gasteiger partial charge is 0.396 e. The molecule has 0 aromatic heterocycles. The lowest BCUT2D eigenvalue weighted by Gasteiger charge is -2.10. The molecule has 0 saturated heterocycles. The number of fused-ring (bicyclic) bond motifs is 1. The summed E-state index contributed by atoms with van der Waals surface area (Å²) in [4.78, 5) is 4.73. The third-order valence-corrected chi connectivity index (χ3v) is 4.36. The summed E-state index contributed by atoms with van der Waals surface area (Å²) in [6.45, 7) is 0.713. The molecule has 0 saturated carbocycles. The molecule has 0 spiro atoms. The van der Waals surface area contributed by atoms with Crippen molar-refractivity contribution in [2.75, 3.05) is 13.2 Å². The fraction of sp³-hybridized carbons (Fsp3) is 0.235. The van der Waals surface area contributed by atoms with Crippen LogP contribution in [0.5, 0.6) is 0 Å². The second kappa shape index (κ2) is 6.89. The summed E-state index contributed by atoms with van der Waals surface area (Å²) in [6.07, 6.45) is 0.657. The number of aliphatic hydroxyl groups is 1. The fourth-order valence-electron chi connectivity index (χ4n) is 2.21. The number of hydrogen-bond donors (Lipinski definition) is 1. The van der Waals surface area contributed by atoms with Crippen molar-refractivity contribution in [3.63, 3.8) is 0 Å². The summed E-state index contributed by atoms with van der Waals surface area (Å²) < 4.78 is 5.86. The summed E-state index contributed by atoms with van der Waals surface area (Å²) in [5.74, 6) is 0. The van der Waals surface area contributed by atoms with Crippen LogP contribution in [0.2, 0.25) is 0 Å². The van der Waals surface area contributed by atoms with Gasteiger partial charge in [0.2, 0.25) is 0 Å². The maximum Gasteiger partial charge on any atom is 0.135 e. The van der Waals surface area contributed by atoms with Gasteiger partial charge in [-0.1, -0.05) is 54.2 Å². The normalized spacial score (nSPS) is 18.9. The zero-order valence-electron chi connectivity index (χ0n) is 11.6. The van der Waals surface area contributed by atoms with Gasteiger partial charge in [0.05, 0.1) is 12.3 Å². The van der Waals surface area contributed by atoms with Crippen molar-refractivity contribution in [1.82, 2.24) is 0 Å². The van der Waals surface area contributed by atoms with Crippen molar-refractivity contribution in [2.24, 2.45) is 4.99 Å². The SMILES string of the molecule is OCCCOC1SC(=Nc2ccccc2)c2ccccc21. The van der Waals surface area contributed by atoms with E-state index in [1.165, 1.54) is 0 Å². The number of hydrogen-bond acceptors (Lipinski definition) is 4. The molecule has 3 rings (SSSR count). The number of thioether (sulfide) groups is 1. The van der Waals surface area contributed by atoms with Crippen LogP contribution < -0.4 is 0 Å². The van der Waals surface area contributed by atoms with Crippen molar-refractivity contribution in [3.8, 4) is 0 Å². The van der Waals surface area contributed by atoms with Crippen LogP contribution in [0.4, 0.5) is 5.69 Å². The first kappa shape index (κ1) is 14.3. The number of ether oxygens (including phenoxy) is 1. The lowest BCUT2D eigenvalue weighted by atomic mass is 10.1. The van der Waals surface area contributed by atoms with Crippen LogP contribution in [-0.2, 0) is 4.74 Å². The van der Waals surface area contributed by atoms with E-state index < -0.39 is 0 Å². The number of aliphatic imine (C=N–C) groups is 1. The van der Waals surface area contributed by atoms with Gasteiger partial charge < -0.3 is 9.84 Å². The van der Waals surface area contributed by atoms with E-state index >= 15 is 0 Å². The Balaban J connectivity index is 1.86. The average molecular weight is 299 g/mol. The summed E-state index contributed by atoms with van der Waals surface area (Å²) in [5, 5.41) is 9.86. The third-order valence-electron chi connectivity index (χ3n) is 3.22. The first-order valence-electron chi connectivity index (χ1n) is 7.00. The third kappa shape index (κ3) is 3.35. The number of aliphatic hydroxyl groups excluding tert-OH is 1.